The van der Waals surface area contributed by atoms with E-state index in [9.17, 15) is 14.4 Å². The Labute approximate surface area is 145 Å². The molecule has 2 amide bonds. The van der Waals surface area contributed by atoms with E-state index in [4.69, 9.17) is 10.5 Å². The van der Waals surface area contributed by atoms with Crippen molar-refractivity contribution in [1.29, 1.82) is 0 Å². The third-order valence-corrected chi connectivity index (χ3v) is 4.03. The largest absolute Gasteiger partial charge is 0.468 e. The van der Waals surface area contributed by atoms with E-state index in [0.29, 0.717) is 13.0 Å². The molecule has 7 nitrogen and oxygen atoms in total. The highest BCUT2D eigenvalue weighted by Crippen LogP contribution is 2.06. The maximum atomic E-state index is 12.0. The number of carbonyl (C=O) groups is 3. The molecular weight excluding hydrogens is 310 g/mol. The van der Waals surface area contributed by atoms with Gasteiger partial charge in [-0.3, -0.25) is 19.3 Å². The fourth-order valence-corrected chi connectivity index (χ4v) is 2.45. The van der Waals surface area contributed by atoms with Gasteiger partial charge >= 0.3 is 5.97 Å². The Balaban J connectivity index is 4.42. The minimum Gasteiger partial charge on any atom is -0.468 e. The molecule has 0 radical (unpaired) electrons. The van der Waals surface area contributed by atoms with Gasteiger partial charge in [0.05, 0.1) is 13.2 Å². The van der Waals surface area contributed by atoms with Gasteiger partial charge < -0.3 is 15.8 Å². The highest BCUT2D eigenvalue weighted by molar-refractivity contribution is 5.79. The zero-order chi connectivity index (χ0) is 18.5. The molecule has 0 aromatic heterocycles. The molecule has 7 heteroatoms. The molecule has 140 valence electrons. The lowest BCUT2D eigenvalue weighted by molar-refractivity contribution is -0.145. The van der Waals surface area contributed by atoms with Gasteiger partial charge in [0, 0.05) is 19.4 Å². The van der Waals surface area contributed by atoms with Gasteiger partial charge in [0.15, 0.2) is 0 Å². The highest BCUT2D eigenvalue weighted by atomic mass is 16.5. The summed E-state index contributed by atoms with van der Waals surface area (Å²) >= 11 is 0. The molecule has 0 aromatic rings. The number of hydrogen-bond acceptors (Lipinski definition) is 5. The van der Waals surface area contributed by atoms with Crippen LogP contribution in [0.15, 0.2) is 0 Å². The molecule has 3 N–H and O–H groups in total. The number of carbonyl (C=O) groups excluding carboxylic acids is 3. The predicted molar refractivity (Wildman–Crippen MR) is 93.2 cm³/mol. The van der Waals surface area contributed by atoms with Crippen molar-refractivity contribution in [2.45, 2.75) is 70.9 Å². The van der Waals surface area contributed by atoms with Gasteiger partial charge in [-0.05, 0) is 20.4 Å². The van der Waals surface area contributed by atoms with E-state index < -0.39 is 18.0 Å². The minimum atomic E-state index is -0.484. The molecule has 0 saturated carbocycles. The quantitative estimate of drug-likeness (QED) is 0.386. The molecule has 0 fully saturated rings. The first kappa shape index (κ1) is 22.4. The van der Waals surface area contributed by atoms with Gasteiger partial charge in [-0.1, -0.05) is 32.6 Å². The van der Waals surface area contributed by atoms with Gasteiger partial charge in [-0.25, -0.2) is 0 Å². The lowest BCUT2D eigenvalue weighted by atomic mass is 10.1. The number of primary amides is 1. The zero-order valence-electron chi connectivity index (χ0n) is 15.5. The van der Waals surface area contributed by atoms with Crippen LogP contribution in [-0.4, -0.2) is 55.5 Å². The van der Waals surface area contributed by atoms with Crippen LogP contribution in [-0.2, 0) is 19.1 Å². The molecule has 24 heavy (non-hydrogen) atoms. The number of nitrogens with one attached hydrogen (secondary N) is 1. The van der Waals surface area contributed by atoms with Gasteiger partial charge in [0.2, 0.25) is 11.8 Å². The van der Waals surface area contributed by atoms with E-state index in [1.54, 1.807) is 18.9 Å². The number of hydrogen-bond donors (Lipinski definition) is 2. The number of nitrogens with zero attached hydrogens (tertiary/aromatic N) is 1. The maximum absolute atomic E-state index is 12.0. The number of likely N-dealkylation sites (N-methyl/N-ethyl adjacent to an activating group) is 1. The molecule has 0 aromatic carbocycles. The van der Waals surface area contributed by atoms with Crippen molar-refractivity contribution in [3.63, 3.8) is 0 Å². The number of nitrogens with two attached hydrogens (primary N) is 1. The van der Waals surface area contributed by atoms with Crippen LogP contribution in [0.4, 0.5) is 0 Å². The molecule has 0 rings (SSSR count). The van der Waals surface area contributed by atoms with E-state index in [2.05, 4.69) is 12.2 Å². The Bertz CT molecular complexity index is 401. The monoisotopic (exact) mass is 343 g/mol. The fourth-order valence-electron chi connectivity index (χ4n) is 2.45. The summed E-state index contributed by atoms with van der Waals surface area (Å²) in [7, 11) is 3.07. The van der Waals surface area contributed by atoms with Crippen LogP contribution < -0.4 is 11.1 Å². The predicted octanol–water partition coefficient (Wildman–Crippen LogP) is 1.20. The number of methoxy groups -OCH3 is 1. The molecule has 0 spiro atoms. The average Bonchev–Trinajstić information content (AvgIpc) is 2.52. The third-order valence-electron chi connectivity index (χ3n) is 4.03. The first-order chi connectivity index (χ1) is 11.3. The van der Waals surface area contributed by atoms with Crippen molar-refractivity contribution in [3.05, 3.63) is 0 Å². The Hall–Kier alpha value is -1.63. The van der Waals surface area contributed by atoms with Gasteiger partial charge in [-0.2, -0.15) is 0 Å². The van der Waals surface area contributed by atoms with E-state index in [0.717, 1.165) is 25.7 Å². The average molecular weight is 343 g/mol. The molecule has 0 saturated heterocycles. The fraction of sp³-hybridized carbons (Fsp3) is 0.824. The molecule has 0 aliphatic carbocycles. The SMILES string of the molecule is CCCCCCCC(=O)N[C@H](CC(N)=O)CN(C)[C@@H](C)C(=O)OC. The van der Waals surface area contributed by atoms with Crippen LogP contribution in [0.25, 0.3) is 0 Å². The third kappa shape index (κ3) is 10.2. The van der Waals surface area contributed by atoms with E-state index in [1.807, 2.05) is 0 Å². The van der Waals surface area contributed by atoms with Crippen molar-refractivity contribution in [2.24, 2.45) is 5.73 Å². The van der Waals surface area contributed by atoms with Crippen LogP contribution >= 0.6 is 0 Å². The molecule has 0 unspecified atom stereocenters. The van der Waals surface area contributed by atoms with Gasteiger partial charge in [0.25, 0.3) is 0 Å². The van der Waals surface area contributed by atoms with Crippen molar-refractivity contribution in [3.8, 4) is 0 Å². The van der Waals surface area contributed by atoms with E-state index in [1.165, 1.54) is 13.5 Å². The maximum Gasteiger partial charge on any atom is 0.322 e. The molecular formula is C17H33N3O4. The van der Waals surface area contributed by atoms with Crippen LogP contribution in [0.2, 0.25) is 0 Å². The summed E-state index contributed by atoms with van der Waals surface area (Å²) < 4.78 is 4.70. The lowest BCUT2D eigenvalue weighted by Crippen LogP contribution is -2.48. The summed E-state index contributed by atoms with van der Waals surface area (Å²) in [4.78, 5) is 36.6. The topological polar surface area (TPSA) is 102 Å². The number of ether oxygens (including phenoxy) is 1. The summed E-state index contributed by atoms with van der Waals surface area (Å²) in [6.07, 6.45) is 5.83. The van der Waals surface area contributed by atoms with Gasteiger partial charge in [0.1, 0.15) is 6.04 Å². The summed E-state index contributed by atoms with van der Waals surface area (Å²) in [5, 5.41) is 2.85. The summed E-state index contributed by atoms with van der Waals surface area (Å²) in [5.41, 5.74) is 5.26. The second kappa shape index (κ2) is 12.8. The van der Waals surface area contributed by atoms with Crippen molar-refractivity contribution in [2.75, 3.05) is 20.7 Å². The zero-order valence-corrected chi connectivity index (χ0v) is 15.5. The molecule has 0 aliphatic rings. The van der Waals surface area contributed by atoms with Crippen molar-refractivity contribution in [1.82, 2.24) is 10.2 Å². The number of rotatable bonds is 13. The summed E-state index contributed by atoms with van der Waals surface area (Å²) in [6.45, 7) is 4.20. The molecule has 0 bridgehead atoms. The molecule has 2 atom stereocenters. The smallest absolute Gasteiger partial charge is 0.322 e. The second-order valence-corrected chi connectivity index (χ2v) is 6.24. The summed E-state index contributed by atoms with van der Waals surface area (Å²) in [6, 6.07) is -0.876. The van der Waals surface area contributed by atoms with Gasteiger partial charge in [-0.15, -0.1) is 0 Å². The molecule has 0 heterocycles. The Morgan fingerprint density at radius 1 is 1.17 bits per heavy atom. The van der Waals surface area contributed by atoms with Crippen LogP contribution in [0.5, 0.6) is 0 Å². The van der Waals surface area contributed by atoms with Crippen LogP contribution in [0.1, 0.15) is 58.8 Å². The Morgan fingerprint density at radius 2 is 1.79 bits per heavy atom. The first-order valence-electron chi connectivity index (χ1n) is 8.67. The standard InChI is InChI=1S/C17H33N3O4/c1-5-6-7-8-9-10-16(22)19-14(11-15(18)21)12-20(3)13(2)17(23)24-4/h13-14H,5-12H2,1-4H3,(H2,18,21)(H,19,22)/t13-,14+/m0/s1. The van der Waals surface area contributed by atoms with Crippen molar-refractivity contribution >= 4 is 17.8 Å². The normalized spacial score (nSPS) is 13.4. The number of unbranched alkanes of at least 4 members (excludes halogenated alkanes) is 4. The van der Waals surface area contributed by atoms with E-state index in [-0.39, 0.29) is 18.3 Å². The summed E-state index contributed by atoms with van der Waals surface area (Å²) in [5.74, 6) is -0.934. The van der Waals surface area contributed by atoms with Crippen LogP contribution in [0.3, 0.4) is 0 Å². The first-order valence-corrected chi connectivity index (χ1v) is 8.67. The van der Waals surface area contributed by atoms with E-state index >= 15 is 0 Å². The van der Waals surface area contributed by atoms with Crippen LogP contribution in [0, 0.1) is 0 Å². The highest BCUT2D eigenvalue weighted by Gasteiger charge is 2.23. The minimum absolute atomic E-state index is 0.0415. The number of esters is 1. The second-order valence-electron chi connectivity index (χ2n) is 6.24. The Kier molecular flexibility index (Phi) is 11.9. The lowest BCUT2D eigenvalue weighted by Gasteiger charge is -2.27. The Morgan fingerprint density at radius 3 is 2.33 bits per heavy atom. The molecule has 0 aliphatic heterocycles. The number of amides is 2. The van der Waals surface area contributed by atoms with Crippen molar-refractivity contribution < 1.29 is 19.1 Å².